The third-order valence-electron chi connectivity index (χ3n) is 2.76. The highest BCUT2D eigenvalue weighted by Crippen LogP contribution is 2.21. The molecule has 1 aromatic heterocycles. The third kappa shape index (κ3) is 3.41. The summed E-state index contributed by atoms with van der Waals surface area (Å²) in [5.74, 6) is -1.23. The van der Waals surface area contributed by atoms with Gasteiger partial charge in [0.25, 0.3) is 10.0 Å². The van der Waals surface area contributed by atoms with E-state index >= 15 is 0 Å². The fraction of sp³-hybridized carbons (Fsp3) is 0.154. The van der Waals surface area contributed by atoms with Crippen LogP contribution in [0.1, 0.15) is 16.1 Å². The number of methoxy groups -OCH3 is 1. The van der Waals surface area contributed by atoms with Gasteiger partial charge in [0.05, 0.1) is 12.3 Å². The molecule has 0 fully saturated rings. The number of hydrogen-bond donors (Lipinski definition) is 3. The Labute approximate surface area is 121 Å². The number of nitrogens with one attached hydrogen (secondary N) is 2. The molecule has 3 N–H and O–H groups in total. The molecule has 7 nitrogen and oxygen atoms in total. The van der Waals surface area contributed by atoms with Crippen LogP contribution in [0.3, 0.4) is 0 Å². The van der Waals surface area contributed by atoms with Crippen LogP contribution in [-0.2, 0) is 21.4 Å². The molecule has 0 atom stereocenters. The number of ether oxygens (including phenoxy) is 1. The normalized spacial score (nSPS) is 11.3. The van der Waals surface area contributed by atoms with Gasteiger partial charge in [-0.15, -0.1) is 0 Å². The summed E-state index contributed by atoms with van der Waals surface area (Å²) in [7, 11) is -2.36. The molecule has 0 amide bonds. The Balaban J connectivity index is 2.30. The number of para-hydroxylation sites is 1. The van der Waals surface area contributed by atoms with Gasteiger partial charge in [-0.1, -0.05) is 18.2 Å². The van der Waals surface area contributed by atoms with Gasteiger partial charge >= 0.3 is 5.97 Å². The zero-order chi connectivity index (χ0) is 15.5. The molecule has 2 rings (SSSR count). The predicted octanol–water partition coefficient (Wildman–Crippen LogP) is 1.66. The molecule has 0 bridgehead atoms. The minimum absolute atomic E-state index is 0.146. The van der Waals surface area contributed by atoms with Gasteiger partial charge < -0.3 is 14.8 Å². The Morgan fingerprint density at radius 1 is 1.38 bits per heavy atom. The van der Waals surface area contributed by atoms with Crippen molar-refractivity contribution in [2.24, 2.45) is 0 Å². The highest BCUT2D eigenvalue weighted by atomic mass is 32.2. The van der Waals surface area contributed by atoms with E-state index in [0.717, 1.165) is 12.3 Å². The van der Waals surface area contributed by atoms with Gasteiger partial charge in [-0.3, -0.25) is 4.72 Å². The fourth-order valence-corrected chi connectivity index (χ4v) is 2.85. The molecule has 0 aliphatic rings. The van der Waals surface area contributed by atoms with E-state index in [-0.39, 0.29) is 17.2 Å². The molecule has 0 aliphatic carbocycles. The van der Waals surface area contributed by atoms with Crippen LogP contribution in [0.4, 0.5) is 5.69 Å². The molecular weight excluding hydrogens is 296 g/mol. The molecule has 1 aromatic carbocycles. The second-order valence-corrected chi connectivity index (χ2v) is 5.93. The number of hydrogen-bond acceptors (Lipinski definition) is 4. The van der Waals surface area contributed by atoms with Gasteiger partial charge in [0.1, 0.15) is 10.6 Å². The maximum atomic E-state index is 12.2. The van der Waals surface area contributed by atoms with Crippen molar-refractivity contribution in [2.75, 3.05) is 11.8 Å². The Hall–Kier alpha value is -2.32. The number of aromatic amines is 1. The van der Waals surface area contributed by atoms with Crippen molar-refractivity contribution in [1.29, 1.82) is 0 Å². The lowest BCUT2D eigenvalue weighted by molar-refractivity contribution is 0.0691. The van der Waals surface area contributed by atoms with Crippen LogP contribution in [0.5, 0.6) is 0 Å². The molecule has 0 spiro atoms. The molecule has 2 aromatic rings. The lowest BCUT2D eigenvalue weighted by Crippen LogP contribution is -2.13. The van der Waals surface area contributed by atoms with Crippen molar-refractivity contribution in [1.82, 2.24) is 4.98 Å². The van der Waals surface area contributed by atoms with E-state index in [2.05, 4.69) is 9.71 Å². The second kappa shape index (κ2) is 5.98. The van der Waals surface area contributed by atoms with Crippen molar-refractivity contribution >= 4 is 21.7 Å². The number of aromatic nitrogens is 1. The van der Waals surface area contributed by atoms with E-state index in [1.165, 1.54) is 7.11 Å². The first-order chi connectivity index (χ1) is 9.94. The van der Waals surface area contributed by atoms with Crippen LogP contribution < -0.4 is 4.72 Å². The van der Waals surface area contributed by atoms with Gasteiger partial charge in [-0.05, 0) is 12.1 Å². The molecule has 21 heavy (non-hydrogen) atoms. The molecule has 0 saturated carbocycles. The fourth-order valence-electron chi connectivity index (χ4n) is 1.76. The van der Waals surface area contributed by atoms with E-state index < -0.39 is 16.0 Å². The maximum absolute atomic E-state index is 12.2. The molecule has 112 valence electrons. The summed E-state index contributed by atoms with van der Waals surface area (Å²) in [5, 5.41) is 8.80. The molecule has 0 radical (unpaired) electrons. The van der Waals surface area contributed by atoms with Gasteiger partial charge in [-0.25, -0.2) is 13.2 Å². The largest absolute Gasteiger partial charge is 0.477 e. The zero-order valence-corrected chi connectivity index (χ0v) is 12.0. The van der Waals surface area contributed by atoms with E-state index in [4.69, 9.17) is 9.84 Å². The molecule has 0 saturated heterocycles. The average molecular weight is 310 g/mol. The van der Waals surface area contributed by atoms with Crippen LogP contribution in [0.15, 0.2) is 41.4 Å². The maximum Gasteiger partial charge on any atom is 0.352 e. The first-order valence-electron chi connectivity index (χ1n) is 5.95. The molecule has 8 heteroatoms. The van der Waals surface area contributed by atoms with E-state index in [0.29, 0.717) is 11.3 Å². The average Bonchev–Trinajstić information content (AvgIpc) is 2.92. The summed E-state index contributed by atoms with van der Waals surface area (Å²) in [4.78, 5) is 13.0. The number of anilines is 1. The topological polar surface area (TPSA) is 108 Å². The summed E-state index contributed by atoms with van der Waals surface area (Å²) in [6.45, 7) is 0.256. The Morgan fingerprint density at radius 3 is 2.71 bits per heavy atom. The lowest BCUT2D eigenvalue weighted by atomic mass is 10.2. The molecule has 1 heterocycles. The summed E-state index contributed by atoms with van der Waals surface area (Å²) < 4.78 is 31.9. The highest BCUT2D eigenvalue weighted by Gasteiger charge is 2.19. The van der Waals surface area contributed by atoms with Crippen LogP contribution in [0, 0.1) is 0 Å². The summed E-state index contributed by atoms with van der Waals surface area (Å²) in [6.07, 6.45) is 1.13. The lowest BCUT2D eigenvalue weighted by Gasteiger charge is -2.11. The number of aromatic carboxylic acids is 1. The van der Waals surface area contributed by atoms with Crippen molar-refractivity contribution in [3.63, 3.8) is 0 Å². The van der Waals surface area contributed by atoms with Crippen molar-refractivity contribution < 1.29 is 23.1 Å². The molecule has 0 aliphatic heterocycles. The third-order valence-corrected chi connectivity index (χ3v) is 4.10. The number of carboxylic acid groups (broad SMARTS) is 1. The van der Waals surface area contributed by atoms with Crippen molar-refractivity contribution in [3.05, 3.63) is 47.8 Å². The first-order valence-corrected chi connectivity index (χ1v) is 7.44. The Morgan fingerprint density at radius 2 is 2.10 bits per heavy atom. The molecular formula is C13H14N2O5S. The minimum Gasteiger partial charge on any atom is -0.477 e. The number of benzene rings is 1. The number of sulfonamides is 1. The Bertz CT molecular complexity index is 751. The Kier molecular flexibility index (Phi) is 4.29. The van der Waals surface area contributed by atoms with E-state index in [1.807, 2.05) is 0 Å². The van der Waals surface area contributed by atoms with Gasteiger partial charge in [0, 0.05) is 18.9 Å². The van der Waals surface area contributed by atoms with Crippen LogP contribution in [-0.4, -0.2) is 31.6 Å². The number of carboxylic acids is 1. The van der Waals surface area contributed by atoms with Crippen LogP contribution in [0.25, 0.3) is 0 Å². The van der Waals surface area contributed by atoms with Crippen LogP contribution >= 0.6 is 0 Å². The van der Waals surface area contributed by atoms with Crippen molar-refractivity contribution in [3.8, 4) is 0 Å². The summed E-state index contributed by atoms with van der Waals surface area (Å²) in [6, 6.07) is 7.86. The van der Waals surface area contributed by atoms with Crippen LogP contribution in [0.2, 0.25) is 0 Å². The zero-order valence-electron chi connectivity index (χ0n) is 11.2. The summed E-state index contributed by atoms with van der Waals surface area (Å²) in [5.41, 5.74) is 0.871. The number of H-pyrrole nitrogens is 1. The van der Waals surface area contributed by atoms with E-state index in [9.17, 15) is 13.2 Å². The molecule has 0 unspecified atom stereocenters. The monoisotopic (exact) mass is 310 g/mol. The minimum atomic E-state index is -3.87. The van der Waals surface area contributed by atoms with E-state index in [1.54, 1.807) is 24.3 Å². The standard InChI is InChI=1S/C13H14N2O5S/c1-20-8-9-4-2-3-5-11(9)15-21(18,19)10-6-12(13(16)17)14-7-10/h2-7,14-15H,8H2,1H3,(H,16,17). The van der Waals surface area contributed by atoms with Gasteiger partial charge in [0.15, 0.2) is 0 Å². The van der Waals surface area contributed by atoms with Crippen molar-refractivity contribution in [2.45, 2.75) is 11.5 Å². The SMILES string of the molecule is COCc1ccccc1NS(=O)(=O)c1c[nH]c(C(=O)O)c1. The quantitative estimate of drug-likeness (QED) is 0.752. The first kappa shape index (κ1) is 15.1. The second-order valence-electron chi connectivity index (χ2n) is 4.25. The van der Waals surface area contributed by atoms with Gasteiger partial charge in [-0.2, -0.15) is 0 Å². The highest BCUT2D eigenvalue weighted by molar-refractivity contribution is 7.92. The number of rotatable bonds is 6. The smallest absolute Gasteiger partial charge is 0.352 e. The number of carbonyl (C=O) groups is 1. The van der Waals surface area contributed by atoms with Gasteiger partial charge in [0.2, 0.25) is 0 Å². The predicted molar refractivity (Wildman–Crippen MR) is 75.7 cm³/mol. The summed E-state index contributed by atoms with van der Waals surface area (Å²) >= 11 is 0.